The zero-order valence-electron chi connectivity index (χ0n) is 12.2. The molecule has 7 heteroatoms. The van der Waals surface area contributed by atoms with Crippen LogP contribution in [0, 0.1) is 11.8 Å². The van der Waals surface area contributed by atoms with Gasteiger partial charge in [0.1, 0.15) is 0 Å². The topological polar surface area (TPSA) is 87.5 Å². The van der Waals surface area contributed by atoms with Gasteiger partial charge in [-0.2, -0.15) is 0 Å². The van der Waals surface area contributed by atoms with E-state index in [1.165, 1.54) is 0 Å². The molecule has 7 nitrogen and oxygen atoms in total. The minimum absolute atomic E-state index is 0.0782. The molecule has 1 saturated heterocycles. The molecule has 0 saturated carbocycles. The van der Waals surface area contributed by atoms with Crippen LogP contribution < -0.4 is 5.32 Å². The Bertz CT molecular complexity index is 469. The highest BCUT2D eigenvalue weighted by molar-refractivity contribution is 5.76. The first-order valence-electron chi connectivity index (χ1n) is 7.29. The lowest BCUT2D eigenvalue weighted by Crippen LogP contribution is -2.56. The number of nitrogens with one attached hydrogen (secondary N) is 1. The number of carbonyl (C=O) groups is 2. The third-order valence-corrected chi connectivity index (χ3v) is 3.97. The molecule has 2 rings (SSSR count). The number of hydrogen-bond acceptors (Lipinski definition) is 3. The lowest BCUT2D eigenvalue weighted by atomic mass is 9.87. The van der Waals surface area contributed by atoms with Crippen LogP contribution in [0.2, 0.25) is 0 Å². The van der Waals surface area contributed by atoms with Gasteiger partial charge in [0.25, 0.3) is 0 Å². The molecule has 1 atom stereocenters. The zero-order chi connectivity index (χ0) is 15.2. The maximum atomic E-state index is 11.8. The summed E-state index contributed by atoms with van der Waals surface area (Å²) in [6, 6.07) is -0.0912. The first-order chi connectivity index (χ1) is 10.1. The number of aliphatic carboxylic acids is 1. The normalized spacial score (nSPS) is 16.3. The maximum absolute atomic E-state index is 11.8. The summed E-state index contributed by atoms with van der Waals surface area (Å²) < 4.78 is 2.01. The quantitative estimate of drug-likeness (QED) is 0.735. The van der Waals surface area contributed by atoms with E-state index < -0.39 is 5.97 Å². The molecule has 0 radical (unpaired) electrons. The molecule has 2 N–H and O–H groups in total. The van der Waals surface area contributed by atoms with Crippen LogP contribution >= 0.6 is 0 Å². The van der Waals surface area contributed by atoms with Gasteiger partial charge in [-0.3, -0.25) is 4.79 Å². The molecule has 1 fully saturated rings. The van der Waals surface area contributed by atoms with Crippen LogP contribution in [-0.2, 0) is 11.3 Å². The molecule has 1 aliphatic heterocycles. The van der Waals surface area contributed by atoms with Crippen molar-refractivity contribution in [2.75, 3.05) is 19.6 Å². The van der Waals surface area contributed by atoms with Gasteiger partial charge in [0, 0.05) is 44.5 Å². The predicted molar refractivity (Wildman–Crippen MR) is 76.7 cm³/mol. The Morgan fingerprint density at radius 3 is 2.81 bits per heavy atom. The fourth-order valence-corrected chi connectivity index (χ4v) is 2.34. The van der Waals surface area contributed by atoms with Gasteiger partial charge in [0.05, 0.1) is 12.2 Å². The highest BCUT2D eigenvalue weighted by Crippen LogP contribution is 2.23. The van der Waals surface area contributed by atoms with E-state index in [0.717, 1.165) is 19.4 Å². The molecule has 21 heavy (non-hydrogen) atoms. The van der Waals surface area contributed by atoms with Gasteiger partial charge in [-0.05, 0) is 12.8 Å². The second-order valence-electron chi connectivity index (χ2n) is 5.53. The SMILES string of the molecule is CC(C(=O)O)C1CN(C(=O)NCCCCn2ccnc2)C1. The summed E-state index contributed by atoms with van der Waals surface area (Å²) in [4.78, 5) is 28.3. The summed E-state index contributed by atoms with van der Waals surface area (Å²) in [5.74, 6) is -1.10. The highest BCUT2D eigenvalue weighted by atomic mass is 16.4. The minimum Gasteiger partial charge on any atom is -0.481 e. The van der Waals surface area contributed by atoms with Crippen molar-refractivity contribution in [3.05, 3.63) is 18.7 Å². The monoisotopic (exact) mass is 294 g/mol. The second-order valence-corrected chi connectivity index (χ2v) is 5.53. The first kappa shape index (κ1) is 15.3. The Balaban J connectivity index is 1.54. The number of aromatic nitrogens is 2. The van der Waals surface area contributed by atoms with Gasteiger partial charge in [-0.1, -0.05) is 6.92 Å². The van der Waals surface area contributed by atoms with Crippen molar-refractivity contribution in [2.45, 2.75) is 26.3 Å². The van der Waals surface area contributed by atoms with Crippen LogP contribution in [0.15, 0.2) is 18.7 Å². The molecule has 1 unspecified atom stereocenters. The number of carbonyl (C=O) groups excluding carboxylic acids is 1. The molecule has 2 amide bonds. The van der Waals surface area contributed by atoms with Crippen molar-refractivity contribution in [2.24, 2.45) is 11.8 Å². The molecule has 0 aliphatic carbocycles. The van der Waals surface area contributed by atoms with Gasteiger partial charge in [-0.25, -0.2) is 9.78 Å². The van der Waals surface area contributed by atoms with Crippen LogP contribution in [-0.4, -0.2) is 51.2 Å². The van der Waals surface area contributed by atoms with Crippen molar-refractivity contribution in [3.63, 3.8) is 0 Å². The van der Waals surface area contributed by atoms with Crippen LogP contribution in [0.5, 0.6) is 0 Å². The van der Waals surface area contributed by atoms with Gasteiger partial charge in [0.15, 0.2) is 0 Å². The Labute approximate surface area is 124 Å². The van der Waals surface area contributed by atoms with Crippen LogP contribution in [0.3, 0.4) is 0 Å². The van der Waals surface area contributed by atoms with Crippen LogP contribution in [0.4, 0.5) is 4.79 Å². The van der Waals surface area contributed by atoms with E-state index in [1.807, 2.05) is 10.8 Å². The Kier molecular flexibility index (Phi) is 5.19. The molecular weight excluding hydrogens is 272 g/mol. The largest absolute Gasteiger partial charge is 0.481 e. The molecule has 2 heterocycles. The number of likely N-dealkylation sites (tertiary alicyclic amines) is 1. The fraction of sp³-hybridized carbons (Fsp3) is 0.643. The zero-order valence-corrected chi connectivity index (χ0v) is 12.2. The van der Waals surface area contributed by atoms with E-state index in [4.69, 9.17) is 5.11 Å². The second kappa shape index (κ2) is 7.10. The summed E-state index contributed by atoms with van der Waals surface area (Å²) in [5.41, 5.74) is 0. The summed E-state index contributed by atoms with van der Waals surface area (Å²) in [7, 11) is 0. The van der Waals surface area contributed by atoms with Crippen LogP contribution in [0.25, 0.3) is 0 Å². The van der Waals surface area contributed by atoms with E-state index in [-0.39, 0.29) is 17.9 Å². The van der Waals surface area contributed by atoms with Crippen molar-refractivity contribution in [1.29, 1.82) is 0 Å². The number of urea groups is 1. The summed E-state index contributed by atoms with van der Waals surface area (Å²) in [6.45, 7) is 4.31. The van der Waals surface area contributed by atoms with Gasteiger partial charge < -0.3 is 19.9 Å². The molecule has 116 valence electrons. The van der Waals surface area contributed by atoms with Crippen LogP contribution in [0.1, 0.15) is 19.8 Å². The van der Waals surface area contributed by atoms with Crippen molar-refractivity contribution < 1.29 is 14.7 Å². The smallest absolute Gasteiger partial charge is 0.317 e. The molecule has 0 bridgehead atoms. The number of carboxylic acids is 1. The predicted octanol–water partition coefficient (Wildman–Crippen LogP) is 1.03. The third kappa shape index (κ3) is 4.21. The lowest BCUT2D eigenvalue weighted by Gasteiger charge is -2.41. The highest BCUT2D eigenvalue weighted by Gasteiger charge is 2.36. The number of unbranched alkanes of at least 4 members (excludes halogenated alkanes) is 1. The average molecular weight is 294 g/mol. The van der Waals surface area contributed by atoms with Gasteiger partial charge in [-0.15, -0.1) is 0 Å². The lowest BCUT2D eigenvalue weighted by molar-refractivity contribution is -0.144. The van der Waals surface area contributed by atoms with Gasteiger partial charge in [0.2, 0.25) is 0 Å². The van der Waals surface area contributed by atoms with Crippen molar-refractivity contribution >= 4 is 12.0 Å². The molecule has 0 spiro atoms. The number of aryl methyl sites for hydroxylation is 1. The summed E-state index contributed by atoms with van der Waals surface area (Å²) >= 11 is 0. The maximum Gasteiger partial charge on any atom is 0.317 e. The number of amides is 2. The molecule has 1 aliphatic rings. The first-order valence-corrected chi connectivity index (χ1v) is 7.29. The van der Waals surface area contributed by atoms with E-state index in [0.29, 0.717) is 19.6 Å². The molecule has 1 aromatic rings. The minimum atomic E-state index is -0.792. The molecule has 0 aromatic carbocycles. The fourth-order valence-electron chi connectivity index (χ4n) is 2.34. The van der Waals surface area contributed by atoms with Gasteiger partial charge >= 0.3 is 12.0 Å². The van der Waals surface area contributed by atoms with Crippen molar-refractivity contribution in [1.82, 2.24) is 19.8 Å². The van der Waals surface area contributed by atoms with E-state index >= 15 is 0 Å². The molecule has 1 aromatic heterocycles. The standard InChI is InChI=1S/C14H22N4O3/c1-11(13(19)20)12-8-18(9-12)14(21)16-4-2-3-6-17-7-5-15-10-17/h5,7,10-12H,2-4,6,8-9H2,1H3,(H,16,21)(H,19,20). The van der Waals surface area contributed by atoms with E-state index in [9.17, 15) is 9.59 Å². The van der Waals surface area contributed by atoms with E-state index in [2.05, 4.69) is 10.3 Å². The number of imidazole rings is 1. The average Bonchev–Trinajstić information content (AvgIpc) is 2.89. The number of hydrogen-bond donors (Lipinski definition) is 2. The number of carboxylic acid groups (broad SMARTS) is 1. The third-order valence-electron chi connectivity index (χ3n) is 3.97. The number of nitrogens with zero attached hydrogens (tertiary/aromatic N) is 3. The van der Waals surface area contributed by atoms with E-state index in [1.54, 1.807) is 24.3 Å². The number of rotatable bonds is 7. The Morgan fingerprint density at radius 2 is 2.19 bits per heavy atom. The summed E-state index contributed by atoms with van der Waals surface area (Å²) in [6.07, 6.45) is 7.34. The van der Waals surface area contributed by atoms with Crippen molar-refractivity contribution in [3.8, 4) is 0 Å². The Hall–Kier alpha value is -2.05. The summed E-state index contributed by atoms with van der Waals surface area (Å²) in [5, 5.41) is 11.8. The Morgan fingerprint density at radius 1 is 1.43 bits per heavy atom. The molecular formula is C14H22N4O3.